The van der Waals surface area contributed by atoms with E-state index in [0.29, 0.717) is 0 Å². The second-order valence-corrected chi connectivity index (χ2v) is 7.98. The highest BCUT2D eigenvalue weighted by molar-refractivity contribution is 14.1. The zero-order valence-electron chi connectivity index (χ0n) is 12.5. The second-order valence-electron chi connectivity index (χ2n) is 6.73. The lowest BCUT2D eigenvalue weighted by Crippen LogP contribution is -2.62. The monoisotopic (exact) mass is 384 g/mol. The van der Waals surface area contributed by atoms with Crippen LogP contribution in [0.3, 0.4) is 0 Å². The highest BCUT2D eigenvalue weighted by Gasteiger charge is 2.41. The molecule has 1 aromatic rings. The average Bonchev–Trinajstić information content (AvgIpc) is 3.26. The van der Waals surface area contributed by atoms with Gasteiger partial charge in [0.1, 0.15) is 0 Å². The van der Waals surface area contributed by atoms with Crippen LogP contribution in [-0.4, -0.2) is 29.6 Å². The van der Waals surface area contributed by atoms with Crippen LogP contribution in [0.2, 0.25) is 0 Å². The van der Waals surface area contributed by atoms with Crippen LogP contribution in [0.5, 0.6) is 0 Å². The van der Waals surface area contributed by atoms with Crippen molar-refractivity contribution in [1.82, 2.24) is 10.2 Å². The normalized spacial score (nSPS) is 31.4. The lowest BCUT2D eigenvalue weighted by molar-refractivity contribution is 0.0662. The molecule has 2 aliphatic rings. The molecule has 1 saturated carbocycles. The van der Waals surface area contributed by atoms with E-state index in [-0.39, 0.29) is 5.54 Å². The summed E-state index contributed by atoms with van der Waals surface area (Å²) in [6.07, 6.45) is 4.06. The summed E-state index contributed by atoms with van der Waals surface area (Å²) >= 11 is 2.38. The van der Waals surface area contributed by atoms with Gasteiger partial charge in [-0.15, -0.1) is 0 Å². The van der Waals surface area contributed by atoms with E-state index in [0.717, 1.165) is 18.5 Å². The summed E-state index contributed by atoms with van der Waals surface area (Å²) in [5.41, 5.74) is 1.74. The molecule has 1 heterocycles. The van der Waals surface area contributed by atoms with Crippen molar-refractivity contribution in [2.75, 3.05) is 13.1 Å². The third kappa shape index (κ3) is 3.37. The molecule has 1 aliphatic carbocycles. The Labute approximate surface area is 136 Å². The van der Waals surface area contributed by atoms with Crippen molar-refractivity contribution in [2.24, 2.45) is 5.92 Å². The first-order valence-electron chi connectivity index (χ1n) is 7.83. The minimum absolute atomic E-state index is 0.286. The van der Waals surface area contributed by atoms with Crippen LogP contribution >= 0.6 is 22.6 Å². The van der Waals surface area contributed by atoms with Crippen molar-refractivity contribution >= 4 is 22.6 Å². The van der Waals surface area contributed by atoms with Crippen LogP contribution in [0, 0.1) is 9.49 Å². The number of hydrogen-bond donors (Lipinski definition) is 1. The Bertz CT molecular complexity index is 455. The minimum Gasteiger partial charge on any atom is -0.309 e. The molecule has 2 fully saturated rings. The van der Waals surface area contributed by atoms with Gasteiger partial charge in [0.25, 0.3) is 0 Å². The standard InChI is InChI=1S/C17H25IN2/c1-3-17(2)12-20(16(10-19-17)14-6-7-14)11-13-4-8-15(18)9-5-13/h4-5,8-9,14,16,19H,3,6-7,10-12H2,1-2H3. The quantitative estimate of drug-likeness (QED) is 0.798. The average molecular weight is 384 g/mol. The van der Waals surface area contributed by atoms with Crippen LogP contribution in [-0.2, 0) is 6.54 Å². The second kappa shape index (κ2) is 5.93. The molecule has 2 nitrogen and oxygen atoms in total. The predicted octanol–water partition coefficient (Wildman–Crippen LogP) is 3.64. The molecule has 0 aromatic heterocycles. The summed E-state index contributed by atoms with van der Waals surface area (Å²) in [4.78, 5) is 2.74. The Kier molecular flexibility index (Phi) is 4.39. The molecule has 0 radical (unpaired) electrons. The maximum Gasteiger partial charge on any atom is 0.0278 e. The van der Waals surface area contributed by atoms with E-state index in [2.05, 4.69) is 70.9 Å². The smallest absolute Gasteiger partial charge is 0.0278 e. The topological polar surface area (TPSA) is 15.3 Å². The van der Waals surface area contributed by atoms with Gasteiger partial charge in [-0.05, 0) is 72.4 Å². The molecule has 1 aliphatic heterocycles. The predicted molar refractivity (Wildman–Crippen MR) is 92.8 cm³/mol. The van der Waals surface area contributed by atoms with Gasteiger partial charge in [0.15, 0.2) is 0 Å². The van der Waals surface area contributed by atoms with E-state index in [1.807, 2.05) is 0 Å². The Hall–Kier alpha value is -0.130. The van der Waals surface area contributed by atoms with Crippen LogP contribution < -0.4 is 5.32 Å². The largest absolute Gasteiger partial charge is 0.309 e. The first kappa shape index (κ1) is 14.8. The molecule has 0 spiro atoms. The van der Waals surface area contributed by atoms with Gasteiger partial charge in [-0.3, -0.25) is 4.90 Å². The van der Waals surface area contributed by atoms with Crippen molar-refractivity contribution in [1.29, 1.82) is 0 Å². The van der Waals surface area contributed by atoms with Crippen molar-refractivity contribution in [3.63, 3.8) is 0 Å². The molecular weight excluding hydrogens is 359 g/mol. The molecule has 1 saturated heterocycles. The highest BCUT2D eigenvalue weighted by atomic mass is 127. The third-order valence-corrected chi connectivity index (χ3v) is 5.72. The Morgan fingerprint density at radius 1 is 1.30 bits per heavy atom. The SMILES string of the molecule is CCC1(C)CN(Cc2ccc(I)cc2)C(C2CC2)CN1. The van der Waals surface area contributed by atoms with Crippen molar-refractivity contribution < 1.29 is 0 Å². The Morgan fingerprint density at radius 2 is 2.00 bits per heavy atom. The van der Waals surface area contributed by atoms with Gasteiger partial charge in [0.05, 0.1) is 0 Å². The highest BCUT2D eigenvalue weighted by Crippen LogP contribution is 2.38. The molecule has 20 heavy (non-hydrogen) atoms. The zero-order valence-corrected chi connectivity index (χ0v) is 14.7. The molecule has 0 amide bonds. The fourth-order valence-electron chi connectivity index (χ4n) is 3.28. The van der Waals surface area contributed by atoms with E-state index in [4.69, 9.17) is 0 Å². The van der Waals surface area contributed by atoms with Crippen molar-refractivity contribution in [3.8, 4) is 0 Å². The third-order valence-electron chi connectivity index (χ3n) is 5.00. The molecule has 110 valence electrons. The van der Waals surface area contributed by atoms with Gasteiger partial charge in [0.2, 0.25) is 0 Å². The number of piperazine rings is 1. The lowest BCUT2D eigenvalue weighted by Gasteiger charge is -2.46. The van der Waals surface area contributed by atoms with Gasteiger partial charge in [-0.1, -0.05) is 19.1 Å². The molecule has 2 atom stereocenters. The molecule has 1 aromatic carbocycles. The molecular formula is C17H25IN2. The van der Waals surface area contributed by atoms with Gasteiger partial charge in [0, 0.05) is 34.8 Å². The summed E-state index contributed by atoms with van der Waals surface area (Å²) in [6, 6.07) is 9.77. The van der Waals surface area contributed by atoms with E-state index in [9.17, 15) is 0 Å². The van der Waals surface area contributed by atoms with Crippen molar-refractivity contribution in [2.45, 2.75) is 51.2 Å². The number of hydrogen-bond acceptors (Lipinski definition) is 2. The first-order valence-corrected chi connectivity index (χ1v) is 8.91. The fraction of sp³-hybridized carbons (Fsp3) is 0.647. The molecule has 3 heteroatoms. The first-order chi connectivity index (χ1) is 9.59. The zero-order chi connectivity index (χ0) is 14.2. The van der Waals surface area contributed by atoms with E-state index >= 15 is 0 Å². The van der Waals surface area contributed by atoms with Crippen LogP contribution in [0.25, 0.3) is 0 Å². The molecule has 3 rings (SSSR count). The Balaban J connectivity index is 1.73. The van der Waals surface area contributed by atoms with Gasteiger partial charge in [-0.2, -0.15) is 0 Å². The van der Waals surface area contributed by atoms with Gasteiger partial charge < -0.3 is 5.32 Å². The van der Waals surface area contributed by atoms with Gasteiger partial charge in [-0.25, -0.2) is 0 Å². The van der Waals surface area contributed by atoms with E-state index < -0.39 is 0 Å². The molecule has 1 N–H and O–H groups in total. The van der Waals surface area contributed by atoms with E-state index in [1.165, 1.54) is 41.5 Å². The number of benzene rings is 1. The summed E-state index contributed by atoms with van der Waals surface area (Å²) < 4.78 is 1.32. The number of halogens is 1. The summed E-state index contributed by atoms with van der Waals surface area (Å²) in [5.74, 6) is 0.938. The number of nitrogens with one attached hydrogen (secondary N) is 1. The maximum absolute atomic E-state index is 3.80. The van der Waals surface area contributed by atoms with Gasteiger partial charge >= 0.3 is 0 Å². The maximum atomic E-state index is 3.80. The summed E-state index contributed by atoms with van der Waals surface area (Å²) in [5, 5.41) is 3.80. The lowest BCUT2D eigenvalue weighted by atomic mass is 9.91. The van der Waals surface area contributed by atoms with Crippen LogP contribution in [0.1, 0.15) is 38.7 Å². The van der Waals surface area contributed by atoms with Crippen LogP contribution in [0.4, 0.5) is 0 Å². The summed E-state index contributed by atoms with van der Waals surface area (Å²) in [7, 11) is 0. The molecule has 2 unspecified atom stereocenters. The fourth-order valence-corrected chi connectivity index (χ4v) is 3.64. The van der Waals surface area contributed by atoms with Crippen LogP contribution in [0.15, 0.2) is 24.3 Å². The summed E-state index contributed by atoms with van der Waals surface area (Å²) in [6.45, 7) is 8.12. The Morgan fingerprint density at radius 3 is 2.60 bits per heavy atom. The number of nitrogens with zero attached hydrogens (tertiary/aromatic N) is 1. The molecule has 0 bridgehead atoms. The van der Waals surface area contributed by atoms with E-state index in [1.54, 1.807) is 0 Å². The number of rotatable bonds is 4. The van der Waals surface area contributed by atoms with Crippen molar-refractivity contribution in [3.05, 3.63) is 33.4 Å². The minimum atomic E-state index is 0.286.